The minimum Gasteiger partial charge on any atom is -0.303 e. The van der Waals surface area contributed by atoms with Crippen molar-refractivity contribution in [1.29, 1.82) is 0 Å². The van der Waals surface area contributed by atoms with Crippen LogP contribution >= 0.6 is 0 Å². The largest absolute Gasteiger partial charge is 0.303 e. The van der Waals surface area contributed by atoms with E-state index in [0.717, 1.165) is 49.2 Å². The summed E-state index contributed by atoms with van der Waals surface area (Å²) in [4.78, 5) is 23.4. The van der Waals surface area contributed by atoms with Crippen molar-refractivity contribution in [2.45, 2.75) is 64.2 Å². The van der Waals surface area contributed by atoms with Crippen molar-refractivity contribution in [3.05, 3.63) is 0 Å². The zero-order valence-electron chi connectivity index (χ0n) is 13.0. The van der Waals surface area contributed by atoms with Gasteiger partial charge in [-0.3, -0.25) is 0 Å². The van der Waals surface area contributed by atoms with Crippen molar-refractivity contribution in [3.63, 3.8) is 0 Å². The third-order valence-electron chi connectivity index (χ3n) is 7.92. The Kier molecular flexibility index (Phi) is 3.46. The predicted molar refractivity (Wildman–Crippen MR) is 81.7 cm³/mol. The molecule has 0 heterocycles. The number of carbonyl (C=O) groups is 2. The molecule has 2 unspecified atom stereocenters. The van der Waals surface area contributed by atoms with Crippen molar-refractivity contribution in [2.75, 3.05) is 0 Å². The van der Waals surface area contributed by atoms with E-state index >= 15 is 0 Å². The van der Waals surface area contributed by atoms with Gasteiger partial charge in [-0.25, -0.2) is 0 Å². The lowest BCUT2D eigenvalue weighted by Gasteiger charge is -2.54. The van der Waals surface area contributed by atoms with Crippen LogP contribution in [0.3, 0.4) is 0 Å². The second-order valence-electron chi connectivity index (χ2n) is 8.31. The van der Waals surface area contributed by atoms with Gasteiger partial charge in [-0.15, -0.1) is 0 Å². The molecule has 2 nitrogen and oxygen atoms in total. The summed E-state index contributed by atoms with van der Waals surface area (Å²) in [6.07, 6.45) is 15.1. The lowest BCUT2D eigenvalue weighted by atomic mass is 9.50. The van der Waals surface area contributed by atoms with Crippen molar-refractivity contribution >= 4 is 12.6 Å². The fourth-order valence-electron chi connectivity index (χ4n) is 7.02. The van der Waals surface area contributed by atoms with E-state index in [1.54, 1.807) is 0 Å². The molecule has 2 heteroatoms. The molecule has 0 aromatic rings. The third kappa shape index (κ3) is 1.90. The molecule has 21 heavy (non-hydrogen) atoms. The molecular weight excluding hydrogens is 260 g/mol. The topological polar surface area (TPSA) is 34.1 Å². The highest BCUT2D eigenvalue weighted by atomic mass is 16.1. The van der Waals surface area contributed by atoms with Crippen molar-refractivity contribution in [1.82, 2.24) is 0 Å². The number of carbonyl (C=O) groups excluding carboxylic acids is 2. The van der Waals surface area contributed by atoms with Gasteiger partial charge in [-0.2, -0.15) is 0 Å². The molecule has 4 saturated carbocycles. The standard InChI is InChI=1S/C19H28O2/c20-11-14-6-8-18-17-7-5-13-3-1-2-4-15(13)16(17)9-10-19(14,18)12-21/h11-18H,1-10H2/t13?,14?,15-,16+,17+,18-,19-/m0/s1. The van der Waals surface area contributed by atoms with E-state index in [0.29, 0.717) is 5.92 Å². The van der Waals surface area contributed by atoms with E-state index < -0.39 is 0 Å². The molecule has 0 amide bonds. The molecular formula is C19H28O2. The molecule has 0 N–H and O–H groups in total. The van der Waals surface area contributed by atoms with E-state index in [1.165, 1.54) is 51.2 Å². The summed E-state index contributed by atoms with van der Waals surface area (Å²) in [7, 11) is 0. The smallest absolute Gasteiger partial charge is 0.127 e. The minimum atomic E-state index is -0.273. The fraction of sp³-hybridized carbons (Fsp3) is 0.895. The summed E-state index contributed by atoms with van der Waals surface area (Å²) in [5, 5.41) is 0. The highest BCUT2D eigenvalue weighted by Gasteiger charge is 2.58. The van der Waals surface area contributed by atoms with Crippen LogP contribution in [0.25, 0.3) is 0 Å². The molecule has 7 atom stereocenters. The van der Waals surface area contributed by atoms with Gasteiger partial charge in [-0.05, 0) is 74.5 Å². The number of aldehydes is 2. The summed E-state index contributed by atoms with van der Waals surface area (Å²) in [6.45, 7) is 0. The molecule has 0 aromatic carbocycles. The van der Waals surface area contributed by atoms with Crippen LogP contribution in [0.15, 0.2) is 0 Å². The molecule has 4 rings (SSSR count). The van der Waals surface area contributed by atoms with Crippen molar-refractivity contribution in [2.24, 2.45) is 40.9 Å². The van der Waals surface area contributed by atoms with Gasteiger partial charge in [0.25, 0.3) is 0 Å². The second-order valence-corrected chi connectivity index (χ2v) is 8.31. The van der Waals surface area contributed by atoms with Crippen LogP contribution in [0.5, 0.6) is 0 Å². The molecule has 0 radical (unpaired) electrons. The SMILES string of the molecule is O=CC1CC[C@H]2[C@@H]3CCC4CCCC[C@@H]4[C@H]3CC[C@]12C=O. The van der Waals surface area contributed by atoms with Crippen LogP contribution in [0.1, 0.15) is 64.2 Å². The lowest BCUT2D eigenvalue weighted by Crippen LogP contribution is -2.50. The van der Waals surface area contributed by atoms with Crippen LogP contribution in [0, 0.1) is 40.9 Å². The van der Waals surface area contributed by atoms with Gasteiger partial charge in [0.05, 0.1) is 0 Å². The Morgan fingerprint density at radius 1 is 0.762 bits per heavy atom. The van der Waals surface area contributed by atoms with E-state index in [9.17, 15) is 9.59 Å². The monoisotopic (exact) mass is 288 g/mol. The summed E-state index contributed by atoms with van der Waals surface area (Å²) in [5.74, 6) is 4.07. The average Bonchev–Trinajstić information content (AvgIpc) is 2.93. The highest BCUT2D eigenvalue weighted by molar-refractivity contribution is 5.71. The van der Waals surface area contributed by atoms with Gasteiger partial charge in [0.15, 0.2) is 0 Å². The van der Waals surface area contributed by atoms with Crippen LogP contribution in [0.2, 0.25) is 0 Å². The average molecular weight is 288 g/mol. The Bertz CT molecular complexity index is 431. The number of hydrogen-bond acceptors (Lipinski definition) is 2. The van der Waals surface area contributed by atoms with E-state index in [2.05, 4.69) is 0 Å². The van der Waals surface area contributed by atoms with E-state index in [-0.39, 0.29) is 11.3 Å². The van der Waals surface area contributed by atoms with Gasteiger partial charge in [0.1, 0.15) is 12.6 Å². The number of rotatable bonds is 2. The first-order chi connectivity index (χ1) is 10.3. The van der Waals surface area contributed by atoms with Gasteiger partial charge >= 0.3 is 0 Å². The van der Waals surface area contributed by atoms with Gasteiger partial charge in [0.2, 0.25) is 0 Å². The molecule has 0 saturated heterocycles. The van der Waals surface area contributed by atoms with Crippen LogP contribution in [-0.2, 0) is 9.59 Å². The number of fused-ring (bicyclic) bond motifs is 5. The maximum Gasteiger partial charge on any atom is 0.127 e. The molecule has 4 aliphatic carbocycles. The first-order valence-corrected chi connectivity index (χ1v) is 9.22. The van der Waals surface area contributed by atoms with Crippen molar-refractivity contribution in [3.8, 4) is 0 Å². The number of hydrogen-bond donors (Lipinski definition) is 0. The Balaban J connectivity index is 1.62. The Hall–Kier alpha value is -0.660. The lowest BCUT2D eigenvalue weighted by molar-refractivity contribution is -0.136. The molecule has 0 spiro atoms. The van der Waals surface area contributed by atoms with Crippen molar-refractivity contribution < 1.29 is 9.59 Å². The molecule has 0 aliphatic heterocycles. The van der Waals surface area contributed by atoms with E-state index in [1.807, 2.05) is 0 Å². The summed E-state index contributed by atoms with van der Waals surface area (Å²) in [6, 6.07) is 0. The first-order valence-electron chi connectivity index (χ1n) is 9.22. The van der Waals surface area contributed by atoms with Gasteiger partial charge < -0.3 is 9.59 Å². The maximum atomic E-state index is 11.9. The first kappa shape index (κ1) is 14.0. The highest BCUT2D eigenvalue weighted by Crippen LogP contribution is 2.63. The normalized spacial score (nSPS) is 52.4. The maximum absolute atomic E-state index is 11.9. The summed E-state index contributed by atoms with van der Waals surface area (Å²) in [5.41, 5.74) is -0.273. The van der Waals surface area contributed by atoms with Gasteiger partial charge in [-0.1, -0.05) is 19.3 Å². The minimum absolute atomic E-state index is 0.0185. The van der Waals surface area contributed by atoms with Crippen LogP contribution in [-0.4, -0.2) is 12.6 Å². The van der Waals surface area contributed by atoms with Crippen LogP contribution < -0.4 is 0 Å². The zero-order valence-corrected chi connectivity index (χ0v) is 13.0. The molecule has 116 valence electrons. The third-order valence-corrected chi connectivity index (χ3v) is 7.92. The predicted octanol–water partition coefficient (Wildman–Crippen LogP) is 4.02. The molecule has 0 aromatic heterocycles. The summed E-state index contributed by atoms with van der Waals surface area (Å²) < 4.78 is 0. The quantitative estimate of drug-likeness (QED) is 0.719. The Morgan fingerprint density at radius 3 is 2.43 bits per heavy atom. The van der Waals surface area contributed by atoms with E-state index in [4.69, 9.17) is 0 Å². The zero-order chi connectivity index (χ0) is 14.4. The fourth-order valence-corrected chi connectivity index (χ4v) is 7.02. The molecule has 4 fully saturated rings. The summed E-state index contributed by atoms with van der Waals surface area (Å²) >= 11 is 0. The Labute approximate surface area is 128 Å². The molecule has 0 bridgehead atoms. The van der Waals surface area contributed by atoms with Gasteiger partial charge in [0, 0.05) is 11.3 Å². The second kappa shape index (κ2) is 5.21. The van der Waals surface area contributed by atoms with Crippen LogP contribution in [0.4, 0.5) is 0 Å². The molecule has 4 aliphatic rings. The Morgan fingerprint density at radius 2 is 1.62 bits per heavy atom.